The van der Waals surface area contributed by atoms with Gasteiger partial charge in [0.15, 0.2) is 0 Å². The molecule has 0 heterocycles. The van der Waals surface area contributed by atoms with Crippen molar-refractivity contribution in [1.82, 2.24) is 16.0 Å². The highest BCUT2D eigenvalue weighted by Crippen LogP contribution is 2.67. The molecule has 0 aliphatic heterocycles. The van der Waals surface area contributed by atoms with Gasteiger partial charge in [-0.25, -0.2) is 9.59 Å². The van der Waals surface area contributed by atoms with Gasteiger partial charge in [0.05, 0.1) is 46.1 Å². The molecule has 0 saturated heterocycles. The summed E-state index contributed by atoms with van der Waals surface area (Å²) in [5, 5.41) is 20.2. The van der Waals surface area contributed by atoms with E-state index in [1.807, 2.05) is 0 Å². The van der Waals surface area contributed by atoms with Gasteiger partial charge in [-0.2, -0.15) is 0 Å². The monoisotopic (exact) mass is 1120 g/mol. The van der Waals surface area contributed by atoms with Crippen LogP contribution in [-0.4, -0.2) is 105 Å². The first-order chi connectivity index (χ1) is 38.2. The van der Waals surface area contributed by atoms with Crippen molar-refractivity contribution >= 4 is 41.6 Å². The van der Waals surface area contributed by atoms with Crippen molar-refractivity contribution in [2.45, 2.75) is 170 Å². The molecule has 7 N–H and O–H groups in total. The van der Waals surface area contributed by atoms with Crippen LogP contribution in [0.4, 0.5) is 15.3 Å². The Morgan fingerprint density at radius 1 is 0.738 bits per heavy atom. The van der Waals surface area contributed by atoms with Gasteiger partial charge in [0.25, 0.3) is 0 Å². The number of amides is 5. The highest BCUT2D eigenvalue weighted by Gasteiger charge is 2.59. The van der Waals surface area contributed by atoms with E-state index in [-0.39, 0.29) is 93.7 Å². The fourth-order valence-corrected chi connectivity index (χ4v) is 13.4. The number of benzene rings is 2. The average molecular weight is 1120 g/mol. The van der Waals surface area contributed by atoms with Crippen molar-refractivity contribution in [3.63, 3.8) is 0 Å². The van der Waals surface area contributed by atoms with Gasteiger partial charge in [-0.1, -0.05) is 91.5 Å². The number of carbonyl (C=O) groups is 6. The predicted molar refractivity (Wildman–Crippen MR) is 304 cm³/mol. The first kappa shape index (κ1) is 63.5. The van der Waals surface area contributed by atoms with Crippen LogP contribution in [0, 0.1) is 52.3 Å². The number of carbonyl (C=O) groups excluding carboxylic acids is 6. The number of nitrogens with one attached hydrogen (secondary N) is 4. The number of phenolic OH excluding ortho intramolecular Hbond substituents is 1. The molecule has 0 spiro atoms. The Morgan fingerprint density at radius 3 is 2.10 bits per heavy atom. The quantitative estimate of drug-likeness (QED) is 0.0178. The standard InChI is InChI=1S/C62H93N5O13/c1-40(2)10-8-11-42(5)50-23-24-51-49-22-15-44-38-48(25-29-61(44,6)52(49)26-30-62(50,51)7)79-55(70)28-33-76-35-37-77-36-34-75-32-27-54(69)67-56(41(3)4)58(72)66-53(12-9-31-64-59(63)73)57(71)65-45-16-13-43(14-17-45)39-78-60(74)80-47-20-18-46(68)19-21-47/h13-21,40-42,48-53,56,68H,8-12,22-39H2,1-7H3,(H,65,71)(H,66,72)(H,67,69)(H3,63,64,73). The highest BCUT2D eigenvalue weighted by atomic mass is 16.7. The van der Waals surface area contributed by atoms with E-state index in [9.17, 15) is 33.9 Å². The Labute approximate surface area is 474 Å². The van der Waals surface area contributed by atoms with Crippen LogP contribution in [0.1, 0.15) is 150 Å². The van der Waals surface area contributed by atoms with Gasteiger partial charge in [-0.15, -0.1) is 0 Å². The molecule has 3 saturated carbocycles. The summed E-state index contributed by atoms with van der Waals surface area (Å²) >= 11 is 0. The van der Waals surface area contributed by atoms with E-state index in [2.05, 4.69) is 62.0 Å². The van der Waals surface area contributed by atoms with Crippen molar-refractivity contribution in [2.24, 2.45) is 58.0 Å². The Hall–Kier alpha value is -5.72. The number of primary amides is 1. The molecule has 6 rings (SSSR count). The van der Waals surface area contributed by atoms with E-state index in [0.29, 0.717) is 36.3 Å². The molecule has 0 radical (unpaired) electrons. The molecule has 80 heavy (non-hydrogen) atoms. The SMILES string of the molecule is CC(C)CCCC(C)C1CCC2C3CC=C4CC(OC(=O)CCOCCOCCOCCC(=O)NC(C(=O)NC(CCCNC(N)=O)C(=O)Nc5ccc(COC(=O)Oc6ccc(O)cc6)cc5)C(C)C)CCC4(C)C3CCC12C. The van der Waals surface area contributed by atoms with Crippen LogP contribution in [0.5, 0.6) is 11.5 Å². The van der Waals surface area contributed by atoms with Gasteiger partial charge in [0, 0.05) is 25.1 Å². The van der Waals surface area contributed by atoms with E-state index in [0.717, 1.165) is 54.8 Å². The molecule has 5 amide bonds. The number of urea groups is 1. The lowest BCUT2D eigenvalue weighted by atomic mass is 9.47. The lowest BCUT2D eigenvalue weighted by Crippen LogP contribution is -2.54. The number of aromatic hydroxyl groups is 1. The number of hydrogen-bond donors (Lipinski definition) is 6. The number of hydrogen-bond acceptors (Lipinski definition) is 13. The second-order valence-corrected chi connectivity index (χ2v) is 24.1. The number of rotatable bonds is 31. The maximum Gasteiger partial charge on any atom is 0.514 e. The molecule has 10 unspecified atom stereocenters. The number of phenols is 1. The maximum atomic E-state index is 13.6. The maximum absolute atomic E-state index is 13.6. The molecular formula is C62H93N5O13. The van der Waals surface area contributed by atoms with Crippen LogP contribution in [0.15, 0.2) is 60.2 Å². The molecule has 2 aromatic rings. The largest absolute Gasteiger partial charge is 0.514 e. The van der Waals surface area contributed by atoms with Gasteiger partial charge >= 0.3 is 18.2 Å². The van der Waals surface area contributed by atoms with Crippen molar-refractivity contribution in [3.05, 3.63) is 65.7 Å². The van der Waals surface area contributed by atoms with Crippen LogP contribution in [0.2, 0.25) is 0 Å². The van der Waals surface area contributed by atoms with Crippen molar-refractivity contribution in [1.29, 1.82) is 0 Å². The van der Waals surface area contributed by atoms with E-state index in [4.69, 9.17) is 34.2 Å². The van der Waals surface area contributed by atoms with Crippen LogP contribution in [0.25, 0.3) is 0 Å². The lowest BCUT2D eigenvalue weighted by molar-refractivity contribution is -0.153. The highest BCUT2D eigenvalue weighted by molar-refractivity contribution is 5.98. The summed E-state index contributed by atoms with van der Waals surface area (Å²) in [6.07, 6.45) is 15.7. The summed E-state index contributed by atoms with van der Waals surface area (Å²) in [6.45, 7) is 17.5. The van der Waals surface area contributed by atoms with Gasteiger partial charge in [-0.3, -0.25) is 19.2 Å². The fraction of sp³-hybridized carbons (Fsp3) is 0.677. The Morgan fingerprint density at radius 2 is 1.43 bits per heavy atom. The molecule has 4 aliphatic carbocycles. The smallest absolute Gasteiger partial charge is 0.508 e. The van der Waals surface area contributed by atoms with Gasteiger partial charge in [0.1, 0.15) is 36.3 Å². The van der Waals surface area contributed by atoms with Gasteiger partial charge in [0.2, 0.25) is 17.7 Å². The van der Waals surface area contributed by atoms with Crippen LogP contribution in [0.3, 0.4) is 0 Å². The summed E-state index contributed by atoms with van der Waals surface area (Å²) in [5.74, 6) is 2.92. The van der Waals surface area contributed by atoms with Crippen LogP contribution >= 0.6 is 0 Å². The number of anilines is 1. The summed E-state index contributed by atoms with van der Waals surface area (Å²) in [4.78, 5) is 76.4. The number of nitrogens with two attached hydrogens (primary N) is 1. The predicted octanol–water partition coefficient (Wildman–Crippen LogP) is 9.90. The summed E-state index contributed by atoms with van der Waals surface area (Å²) in [5.41, 5.74) is 8.41. The second-order valence-electron chi connectivity index (χ2n) is 24.1. The second kappa shape index (κ2) is 30.9. The Bertz CT molecular complexity index is 2360. The van der Waals surface area contributed by atoms with E-state index in [1.165, 1.54) is 81.2 Å². The van der Waals surface area contributed by atoms with Crippen molar-refractivity contribution in [2.75, 3.05) is 51.5 Å². The van der Waals surface area contributed by atoms with E-state index >= 15 is 0 Å². The average Bonchev–Trinajstić information content (AvgIpc) is 3.85. The van der Waals surface area contributed by atoms with Gasteiger partial charge < -0.3 is 60.5 Å². The lowest BCUT2D eigenvalue weighted by Gasteiger charge is -2.58. The number of esters is 1. The van der Waals surface area contributed by atoms with Crippen LogP contribution < -0.4 is 31.7 Å². The van der Waals surface area contributed by atoms with Crippen molar-refractivity contribution in [3.8, 4) is 11.5 Å². The topological polar surface area (TPSA) is 252 Å². The minimum Gasteiger partial charge on any atom is -0.508 e. The molecule has 2 aromatic carbocycles. The molecule has 3 fully saturated rings. The number of ether oxygens (including phenoxy) is 6. The third kappa shape index (κ3) is 18.7. The third-order valence-electron chi connectivity index (χ3n) is 17.7. The third-order valence-corrected chi connectivity index (χ3v) is 17.7. The molecular weight excluding hydrogens is 1020 g/mol. The summed E-state index contributed by atoms with van der Waals surface area (Å²) < 4.78 is 33.2. The van der Waals surface area contributed by atoms with E-state index < -0.39 is 42.0 Å². The fourth-order valence-electron chi connectivity index (χ4n) is 13.4. The molecule has 4 aliphatic rings. The van der Waals surface area contributed by atoms with Crippen LogP contribution in [-0.2, 0) is 49.5 Å². The first-order valence-corrected chi connectivity index (χ1v) is 29.5. The summed E-state index contributed by atoms with van der Waals surface area (Å²) in [6, 6.07) is 9.33. The zero-order chi connectivity index (χ0) is 57.8. The molecule has 18 nitrogen and oxygen atoms in total. The zero-order valence-corrected chi connectivity index (χ0v) is 48.7. The van der Waals surface area contributed by atoms with E-state index in [1.54, 1.807) is 38.1 Å². The van der Waals surface area contributed by atoms with Crippen molar-refractivity contribution < 1.29 is 62.3 Å². The minimum absolute atomic E-state index is 0.0174. The molecule has 444 valence electrons. The zero-order valence-electron chi connectivity index (χ0n) is 48.7. The molecule has 0 aromatic heterocycles. The first-order valence-electron chi connectivity index (χ1n) is 29.5. The van der Waals surface area contributed by atoms with Gasteiger partial charge in [-0.05, 0) is 152 Å². The molecule has 10 atom stereocenters. The Balaban J connectivity index is 0.823. The summed E-state index contributed by atoms with van der Waals surface area (Å²) in [7, 11) is 0. The molecule has 18 heteroatoms. The minimum atomic E-state index is -1.04. The normalized spacial score (nSPS) is 24.2. The molecule has 0 bridgehead atoms. The Kier molecular flexibility index (Phi) is 24.5. The number of allylic oxidation sites excluding steroid dienone is 1. The number of fused-ring (bicyclic) bond motifs is 5.